The summed E-state index contributed by atoms with van der Waals surface area (Å²) in [5.74, 6) is 0.906. The molecule has 2 fully saturated rings. The summed E-state index contributed by atoms with van der Waals surface area (Å²) in [5.41, 5.74) is 6.39. The van der Waals surface area contributed by atoms with Gasteiger partial charge in [-0.25, -0.2) is 0 Å². The van der Waals surface area contributed by atoms with Crippen LogP contribution in [-0.2, 0) is 0 Å². The molecule has 100 valence electrons. The predicted octanol–water partition coefficient (Wildman–Crippen LogP) is 3.21. The molecule has 17 heavy (non-hydrogen) atoms. The van der Waals surface area contributed by atoms with Gasteiger partial charge in [0.15, 0.2) is 0 Å². The lowest BCUT2D eigenvalue weighted by Gasteiger charge is -2.44. The van der Waals surface area contributed by atoms with E-state index >= 15 is 0 Å². The normalized spacial score (nSPS) is 36.0. The molecule has 0 amide bonds. The SMILES string of the molecule is CCC1CCCC(CN)(NC2CCCCC2)C1. The van der Waals surface area contributed by atoms with E-state index in [0.29, 0.717) is 0 Å². The Hall–Kier alpha value is -0.0800. The molecule has 2 saturated carbocycles. The van der Waals surface area contributed by atoms with Crippen LogP contribution in [0.2, 0.25) is 0 Å². The molecule has 0 aromatic rings. The molecule has 2 aliphatic carbocycles. The first kappa shape index (κ1) is 13.4. The molecule has 0 aromatic carbocycles. The zero-order chi connectivity index (χ0) is 12.1. The second kappa shape index (κ2) is 6.19. The molecule has 2 atom stereocenters. The minimum Gasteiger partial charge on any atom is -0.329 e. The van der Waals surface area contributed by atoms with Gasteiger partial charge in [0.05, 0.1) is 0 Å². The summed E-state index contributed by atoms with van der Waals surface area (Å²) in [4.78, 5) is 0. The van der Waals surface area contributed by atoms with Crippen molar-refractivity contribution < 1.29 is 0 Å². The van der Waals surface area contributed by atoms with E-state index in [0.717, 1.165) is 18.5 Å². The van der Waals surface area contributed by atoms with Gasteiger partial charge in [0.2, 0.25) is 0 Å². The van der Waals surface area contributed by atoms with Crippen LogP contribution >= 0.6 is 0 Å². The maximum Gasteiger partial charge on any atom is 0.0309 e. The highest BCUT2D eigenvalue weighted by molar-refractivity contribution is 4.96. The van der Waals surface area contributed by atoms with Crippen molar-refractivity contribution >= 4 is 0 Å². The third-order valence-corrected chi connectivity index (χ3v) is 5.03. The van der Waals surface area contributed by atoms with E-state index in [4.69, 9.17) is 5.73 Å². The monoisotopic (exact) mass is 238 g/mol. The standard InChI is InChI=1S/C15H30N2/c1-2-13-7-6-10-15(11-13,12-16)17-14-8-4-3-5-9-14/h13-14,17H,2-12,16H2,1H3. The summed E-state index contributed by atoms with van der Waals surface area (Å²) in [6, 6.07) is 0.753. The Balaban J connectivity index is 1.92. The Kier molecular flexibility index (Phi) is 4.87. The van der Waals surface area contributed by atoms with Crippen LogP contribution in [0.15, 0.2) is 0 Å². The minimum absolute atomic E-state index is 0.279. The van der Waals surface area contributed by atoms with Crippen molar-refractivity contribution in [3.63, 3.8) is 0 Å². The van der Waals surface area contributed by atoms with E-state index < -0.39 is 0 Å². The molecule has 2 aliphatic rings. The summed E-state index contributed by atoms with van der Waals surface area (Å²) in [6.45, 7) is 3.16. The Morgan fingerprint density at radius 1 is 1.12 bits per heavy atom. The van der Waals surface area contributed by atoms with Gasteiger partial charge in [-0.05, 0) is 31.6 Å². The van der Waals surface area contributed by atoms with Crippen LogP contribution in [0, 0.1) is 5.92 Å². The molecule has 0 saturated heterocycles. The fourth-order valence-corrected chi connectivity index (χ4v) is 3.89. The highest BCUT2D eigenvalue weighted by atomic mass is 15.0. The summed E-state index contributed by atoms with van der Waals surface area (Å²) < 4.78 is 0. The van der Waals surface area contributed by atoms with Crippen molar-refractivity contribution in [3.8, 4) is 0 Å². The molecular weight excluding hydrogens is 208 g/mol. The van der Waals surface area contributed by atoms with Gasteiger partial charge in [-0.15, -0.1) is 0 Å². The summed E-state index contributed by atoms with van der Waals surface area (Å²) in [5, 5.41) is 3.96. The second-order valence-corrected chi connectivity index (χ2v) is 6.33. The van der Waals surface area contributed by atoms with E-state index in [-0.39, 0.29) is 5.54 Å². The Labute approximate surface area is 107 Å². The second-order valence-electron chi connectivity index (χ2n) is 6.33. The summed E-state index contributed by atoms with van der Waals surface area (Å²) in [6.07, 6.45) is 13.7. The zero-order valence-electron chi connectivity index (χ0n) is 11.5. The predicted molar refractivity (Wildman–Crippen MR) is 74.0 cm³/mol. The highest BCUT2D eigenvalue weighted by Crippen LogP contribution is 2.35. The van der Waals surface area contributed by atoms with Gasteiger partial charge in [0.1, 0.15) is 0 Å². The van der Waals surface area contributed by atoms with E-state index in [1.165, 1.54) is 64.2 Å². The van der Waals surface area contributed by atoms with Gasteiger partial charge >= 0.3 is 0 Å². The minimum atomic E-state index is 0.279. The van der Waals surface area contributed by atoms with Crippen molar-refractivity contribution in [1.82, 2.24) is 5.32 Å². The average molecular weight is 238 g/mol. The van der Waals surface area contributed by atoms with E-state index in [9.17, 15) is 0 Å². The van der Waals surface area contributed by atoms with Gasteiger partial charge in [-0.1, -0.05) is 45.4 Å². The first-order chi connectivity index (χ1) is 8.28. The largest absolute Gasteiger partial charge is 0.329 e. The number of nitrogens with two attached hydrogens (primary N) is 1. The van der Waals surface area contributed by atoms with Crippen molar-refractivity contribution in [2.45, 2.75) is 82.7 Å². The van der Waals surface area contributed by atoms with Crippen LogP contribution in [-0.4, -0.2) is 18.1 Å². The number of hydrogen-bond donors (Lipinski definition) is 2. The Morgan fingerprint density at radius 3 is 2.53 bits per heavy atom. The lowest BCUT2D eigenvalue weighted by molar-refractivity contribution is 0.152. The fourth-order valence-electron chi connectivity index (χ4n) is 3.89. The highest BCUT2D eigenvalue weighted by Gasteiger charge is 2.36. The molecule has 0 spiro atoms. The first-order valence-electron chi connectivity index (χ1n) is 7.76. The maximum absolute atomic E-state index is 6.11. The molecule has 0 radical (unpaired) electrons. The molecule has 0 heterocycles. The van der Waals surface area contributed by atoms with Crippen LogP contribution in [0.5, 0.6) is 0 Å². The molecule has 0 aromatic heterocycles. The summed E-state index contributed by atoms with van der Waals surface area (Å²) in [7, 11) is 0. The fraction of sp³-hybridized carbons (Fsp3) is 1.00. The molecule has 3 N–H and O–H groups in total. The van der Waals surface area contributed by atoms with Gasteiger partial charge in [-0.2, -0.15) is 0 Å². The third kappa shape index (κ3) is 3.45. The molecule has 2 unspecified atom stereocenters. The van der Waals surface area contributed by atoms with Crippen molar-refractivity contribution in [2.24, 2.45) is 11.7 Å². The topological polar surface area (TPSA) is 38.0 Å². The summed E-state index contributed by atoms with van der Waals surface area (Å²) >= 11 is 0. The molecular formula is C15H30N2. The Bertz CT molecular complexity index is 223. The van der Waals surface area contributed by atoms with Crippen LogP contribution in [0.3, 0.4) is 0 Å². The quantitative estimate of drug-likeness (QED) is 0.789. The molecule has 0 bridgehead atoms. The Morgan fingerprint density at radius 2 is 1.88 bits per heavy atom. The lowest BCUT2D eigenvalue weighted by atomic mass is 9.74. The van der Waals surface area contributed by atoms with Crippen LogP contribution in [0.1, 0.15) is 71.1 Å². The number of nitrogens with one attached hydrogen (secondary N) is 1. The van der Waals surface area contributed by atoms with E-state index in [1.54, 1.807) is 0 Å². The van der Waals surface area contributed by atoms with Crippen LogP contribution in [0.4, 0.5) is 0 Å². The molecule has 2 nitrogen and oxygen atoms in total. The van der Waals surface area contributed by atoms with Crippen molar-refractivity contribution in [1.29, 1.82) is 0 Å². The zero-order valence-corrected chi connectivity index (χ0v) is 11.5. The van der Waals surface area contributed by atoms with Gasteiger partial charge in [-0.3, -0.25) is 0 Å². The van der Waals surface area contributed by atoms with Gasteiger partial charge in [0.25, 0.3) is 0 Å². The van der Waals surface area contributed by atoms with Gasteiger partial charge in [0, 0.05) is 18.1 Å². The number of hydrogen-bond acceptors (Lipinski definition) is 2. The van der Waals surface area contributed by atoms with E-state index in [1.807, 2.05) is 0 Å². The van der Waals surface area contributed by atoms with Crippen LogP contribution in [0.25, 0.3) is 0 Å². The first-order valence-corrected chi connectivity index (χ1v) is 7.76. The van der Waals surface area contributed by atoms with Crippen molar-refractivity contribution in [3.05, 3.63) is 0 Å². The smallest absolute Gasteiger partial charge is 0.0309 e. The lowest BCUT2D eigenvalue weighted by Crippen LogP contribution is -2.57. The maximum atomic E-state index is 6.11. The van der Waals surface area contributed by atoms with Crippen LogP contribution < -0.4 is 11.1 Å². The van der Waals surface area contributed by atoms with E-state index in [2.05, 4.69) is 12.2 Å². The van der Waals surface area contributed by atoms with Crippen molar-refractivity contribution in [2.75, 3.05) is 6.54 Å². The van der Waals surface area contributed by atoms with Gasteiger partial charge < -0.3 is 11.1 Å². The third-order valence-electron chi connectivity index (χ3n) is 5.03. The molecule has 2 rings (SSSR count). The molecule has 0 aliphatic heterocycles. The molecule has 2 heteroatoms. The average Bonchev–Trinajstić information content (AvgIpc) is 2.40. The number of rotatable bonds is 4.